The molecular weight excluding hydrogens is 190 g/mol. The molecule has 0 radical (unpaired) electrons. The van der Waals surface area contributed by atoms with Crippen molar-refractivity contribution in [3.05, 3.63) is 0 Å². The van der Waals surface area contributed by atoms with E-state index in [9.17, 15) is 4.79 Å². The molecule has 0 heterocycles. The fraction of sp³-hybridized carbons (Fsp3) is 0.909. The van der Waals surface area contributed by atoms with Crippen molar-refractivity contribution in [2.75, 3.05) is 19.6 Å². The molecule has 0 aromatic rings. The van der Waals surface area contributed by atoms with E-state index in [4.69, 9.17) is 0 Å². The Bertz CT molecular complexity index is 162. The fourth-order valence-electron chi connectivity index (χ4n) is 1.47. The van der Waals surface area contributed by atoms with Gasteiger partial charge < -0.3 is 16.0 Å². The van der Waals surface area contributed by atoms with Gasteiger partial charge in [-0.3, -0.25) is 0 Å². The lowest BCUT2D eigenvalue weighted by Crippen LogP contribution is -2.41. The van der Waals surface area contributed by atoms with Gasteiger partial charge in [0.1, 0.15) is 0 Å². The summed E-state index contributed by atoms with van der Waals surface area (Å²) < 4.78 is 0. The van der Waals surface area contributed by atoms with Crippen molar-refractivity contribution in [3.63, 3.8) is 0 Å². The number of hydrogen-bond donors (Lipinski definition) is 3. The van der Waals surface area contributed by atoms with E-state index in [0.717, 1.165) is 13.0 Å². The molecule has 1 unspecified atom stereocenters. The second-order valence-electron chi connectivity index (χ2n) is 3.63. The van der Waals surface area contributed by atoms with Crippen LogP contribution in [-0.4, -0.2) is 31.7 Å². The van der Waals surface area contributed by atoms with Crippen molar-refractivity contribution in [1.29, 1.82) is 0 Å². The van der Waals surface area contributed by atoms with Gasteiger partial charge in [0.2, 0.25) is 0 Å². The van der Waals surface area contributed by atoms with E-state index in [0.29, 0.717) is 19.1 Å². The number of rotatable bonds is 8. The highest BCUT2D eigenvalue weighted by Crippen LogP contribution is 1.99. The van der Waals surface area contributed by atoms with Gasteiger partial charge in [-0.2, -0.15) is 0 Å². The summed E-state index contributed by atoms with van der Waals surface area (Å²) in [7, 11) is 0. The lowest BCUT2D eigenvalue weighted by atomic mass is 10.1. The van der Waals surface area contributed by atoms with Gasteiger partial charge in [0.25, 0.3) is 0 Å². The summed E-state index contributed by atoms with van der Waals surface area (Å²) in [5.74, 6) is 0. The van der Waals surface area contributed by atoms with Gasteiger partial charge in [-0.1, -0.05) is 20.3 Å². The van der Waals surface area contributed by atoms with Crippen LogP contribution in [0.1, 0.15) is 40.0 Å². The van der Waals surface area contributed by atoms with E-state index in [1.807, 2.05) is 6.92 Å². The number of urea groups is 1. The summed E-state index contributed by atoms with van der Waals surface area (Å²) in [4.78, 5) is 11.0. The Labute approximate surface area is 93.2 Å². The predicted octanol–water partition coefficient (Wildman–Crippen LogP) is 1.47. The molecule has 0 spiro atoms. The maximum Gasteiger partial charge on any atom is 0.314 e. The van der Waals surface area contributed by atoms with Crippen LogP contribution >= 0.6 is 0 Å². The highest BCUT2D eigenvalue weighted by Gasteiger charge is 2.03. The number of amides is 2. The van der Waals surface area contributed by atoms with Crippen molar-refractivity contribution in [2.45, 2.75) is 46.1 Å². The molecule has 4 nitrogen and oxygen atoms in total. The van der Waals surface area contributed by atoms with Gasteiger partial charge >= 0.3 is 6.03 Å². The summed E-state index contributed by atoms with van der Waals surface area (Å²) in [5, 5.41) is 8.91. The molecule has 0 aromatic carbocycles. The van der Waals surface area contributed by atoms with Crippen molar-refractivity contribution in [1.82, 2.24) is 16.0 Å². The van der Waals surface area contributed by atoms with Gasteiger partial charge in [0, 0.05) is 25.7 Å². The quantitative estimate of drug-likeness (QED) is 0.537. The van der Waals surface area contributed by atoms with E-state index in [2.05, 4.69) is 29.8 Å². The monoisotopic (exact) mass is 215 g/mol. The zero-order chi connectivity index (χ0) is 11.5. The second kappa shape index (κ2) is 9.77. The third-order valence-electron chi connectivity index (χ3n) is 2.31. The zero-order valence-electron chi connectivity index (χ0n) is 10.2. The van der Waals surface area contributed by atoms with Crippen LogP contribution in [0.5, 0.6) is 0 Å². The first kappa shape index (κ1) is 14.2. The van der Waals surface area contributed by atoms with E-state index < -0.39 is 0 Å². The van der Waals surface area contributed by atoms with E-state index >= 15 is 0 Å². The Balaban J connectivity index is 3.39. The number of hydrogen-bond acceptors (Lipinski definition) is 2. The highest BCUT2D eigenvalue weighted by atomic mass is 16.2. The third-order valence-corrected chi connectivity index (χ3v) is 2.31. The molecule has 0 saturated heterocycles. The van der Waals surface area contributed by atoms with Crippen LogP contribution < -0.4 is 16.0 Å². The Morgan fingerprint density at radius 1 is 1.13 bits per heavy atom. The molecule has 3 N–H and O–H groups in total. The van der Waals surface area contributed by atoms with Crippen LogP contribution in [0.4, 0.5) is 4.79 Å². The van der Waals surface area contributed by atoms with Crippen molar-refractivity contribution < 1.29 is 4.79 Å². The predicted molar refractivity (Wildman–Crippen MR) is 64.1 cm³/mol. The van der Waals surface area contributed by atoms with Gasteiger partial charge in [0.05, 0.1) is 0 Å². The first-order valence-electron chi connectivity index (χ1n) is 5.99. The summed E-state index contributed by atoms with van der Waals surface area (Å²) in [6, 6.07) is 0.508. The molecule has 0 rings (SSSR count). The largest absolute Gasteiger partial charge is 0.338 e. The van der Waals surface area contributed by atoms with E-state index in [-0.39, 0.29) is 6.03 Å². The number of carbonyl (C=O) groups excluding carboxylic acids is 1. The Hall–Kier alpha value is -0.770. The molecule has 0 aliphatic rings. The SMILES string of the molecule is CCCC(CC)NCCNC(=O)NCC. The molecule has 1 atom stereocenters. The molecule has 0 aliphatic heterocycles. The second-order valence-corrected chi connectivity index (χ2v) is 3.63. The Morgan fingerprint density at radius 3 is 2.40 bits per heavy atom. The molecule has 0 fully saturated rings. The normalized spacial score (nSPS) is 12.2. The van der Waals surface area contributed by atoms with E-state index in [1.54, 1.807) is 0 Å². The zero-order valence-corrected chi connectivity index (χ0v) is 10.2. The standard InChI is InChI=1S/C11H25N3O/c1-4-7-10(5-2)13-8-9-14-11(15)12-6-3/h10,13H,4-9H2,1-3H3,(H2,12,14,15). The first-order valence-corrected chi connectivity index (χ1v) is 5.99. The highest BCUT2D eigenvalue weighted by molar-refractivity contribution is 5.73. The lowest BCUT2D eigenvalue weighted by molar-refractivity contribution is 0.241. The molecule has 4 heteroatoms. The van der Waals surface area contributed by atoms with E-state index in [1.165, 1.54) is 12.8 Å². The van der Waals surface area contributed by atoms with Crippen molar-refractivity contribution >= 4 is 6.03 Å². The van der Waals surface area contributed by atoms with Gasteiger partial charge in [-0.05, 0) is 19.8 Å². The van der Waals surface area contributed by atoms with Gasteiger partial charge in [-0.15, -0.1) is 0 Å². The minimum Gasteiger partial charge on any atom is -0.338 e. The molecular formula is C11H25N3O. The summed E-state index contributed by atoms with van der Waals surface area (Å²) in [5.41, 5.74) is 0. The molecule has 0 saturated carbocycles. The average molecular weight is 215 g/mol. The first-order chi connectivity index (χ1) is 7.24. The summed E-state index contributed by atoms with van der Waals surface area (Å²) in [6.07, 6.45) is 3.56. The number of nitrogens with one attached hydrogen (secondary N) is 3. The van der Waals surface area contributed by atoms with Gasteiger partial charge in [0.15, 0.2) is 0 Å². The van der Waals surface area contributed by atoms with Gasteiger partial charge in [-0.25, -0.2) is 4.79 Å². The molecule has 0 bridgehead atoms. The molecule has 0 aliphatic carbocycles. The Kier molecular flexibility index (Phi) is 9.27. The number of carbonyl (C=O) groups is 1. The van der Waals surface area contributed by atoms with Crippen LogP contribution in [0.15, 0.2) is 0 Å². The molecule has 2 amide bonds. The minimum atomic E-state index is -0.0807. The summed E-state index contributed by atoms with van der Waals surface area (Å²) >= 11 is 0. The molecule has 15 heavy (non-hydrogen) atoms. The van der Waals surface area contributed by atoms with Crippen molar-refractivity contribution in [3.8, 4) is 0 Å². The minimum absolute atomic E-state index is 0.0807. The molecule has 0 aromatic heterocycles. The lowest BCUT2D eigenvalue weighted by Gasteiger charge is -2.16. The third kappa shape index (κ3) is 8.24. The average Bonchev–Trinajstić information content (AvgIpc) is 2.23. The van der Waals surface area contributed by atoms with Crippen LogP contribution in [0.3, 0.4) is 0 Å². The topological polar surface area (TPSA) is 53.2 Å². The van der Waals surface area contributed by atoms with Crippen LogP contribution in [-0.2, 0) is 0 Å². The maximum absolute atomic E-state index is 11.0. The molecule has 90 valence electrons. The van der Waals surface area contributed by atoms with Crippen LogP contribution in [0.2, 0.25) is 0 Å². The maximum atomic E-state index is 11.0. The summed E-state index contributed by atoms with van der Waals surface area (Å²) in [6.45, 7) is 8.49. The Morgan fingerprint density at radius 2 is 1.87 bits per heavy atom. The van der Waals surface area contributed by atoms with Crippen LogP contribution in [0, 0.1) is 0 Å². The fourth-order valence-corrected chi connectivity index (χ4v) is 1.47. The van der Waals surface area contributed by atoms with Crippen molar-refractivity contribution in [2.24, 2.45) is 0 Å². The van der Waals surface area contributed by atoms with Crippen LogP contribution in [0.25, 0.3) is 0 Å². The smallest absolute Gasteiger partial charge is 0.314 e.